The van der Waals surface area contributed by atoms with Gasteiger partial charge < -0.3 is 10.6 Å². The van der Waals surface area contributed by atoms with Gasteiger partial charge in [-0.2, -0.15) is 0 Å². The molecule has 2 nitrogen and oxygen atoms in total. The topological polar surface area (TPSA) is 29.3 Å². The zero-order valence-corrected chi connectivity index (χ0v) is 12.8. The molecule has 1 saturated carbocycles. The van der Waals surface area contributed by atoms with Crippen LogP contribution in [0.3, 0.4) is 0 Å². The van der Waals surface area contributed by atoms with Crippen molar-refractivity contribution >= 4 is 17.3 Å². The molecule has 0 aliphatic heterocycles. The van der Waals surface area contributed by atoms with Gasteiger partial charge in [0.1, 0.15) is 0 Å². The monoisotopic (exact) mass is 280 g/mol. The summed E-state index contributed by atoms with van der Waals surface area (Å²) in [6.45, 7) is 5.29. The maximum absolute atomic E-state index is 6.40. The van der Waals surface area contributed by atoms with Crippen LogP contribution < -0.4 is 10.6 Å². The molecular formula is C16H25ClN2. The fraction of sp³-hybridized carbons (Fsp3) is 0.625. The molecule has 0 bridgehead atoms. The van der Waals surface area contributed by atoms with E-state index in [0.717, 1.165) is 23.6 Å². The SMILES string of the molecule is CCN(c1ccc(CC(C)N)c(Cl)c1)C1CCCC1. The molecule has 0 aromatic heterocycles. The highest BCUT2D eigenvalue weighted by atomic mass is 35.5. The van der Waals surface area contributed by atoms with Crippen LogP contribution in [0.1, 0.15) is 45.1 Å². The smallest absolute Gasteiger partial charge is 0.0459 e. The van der Waals surface area contributed by atoms with Crippen LogP contribution in [0.15, 0.2) is 18.2 Å². The molecule has 1 fully saturated rings. The molecule has 2 N–H and O–H groups in total. The summed E-state index contributed by atoms with van der Waals surface area (Å²) < 4.78 is 0. The van der Waals surface area contributed by atoms with Crippen molar-refractivity contribution in [2.45, 2.75) is 58.0 Å². The largest absolute Gasteiger partial charge is 0.369 e. The van der Waals surface area contributed by atoms with Gasteiger partial charge in [-0.3, -0.25) is 0 Å². The Hall–Kier alpha value is -0.730. The van der Waals surface area contributed by atoms with Crippen molar-refractivity contribution in [1.82, 2.24) is 0 Å². The van der Waals surface area contributed by atoms with E-state index >= 15 is 0 Å². The van der Waals surface area contributed by atoms with E-state index in [1.807, 2.05) is 6.92 Å². The molecule has 1 aliphatic carbocycles. The van der Waals surface area contributed by atoms with Crippen LogP contribution in [-0.4, -0.2) is 18.6 Å². The second-order valence-electron chi connectivity index (χ2n) is 5.68. The number of hydrogen-bond donors (Lipinski definition) is 1. The number of hydrogen-bond acceptors (Lipinski definition) is 2. The first-order chi connectivity index (χ1) is 9.11. The van der Waals surface area contributed by atoms with Crippen molar-refractivity contribution in [3.05, 3.63) is 28.8 Å². The van der Waals surface area contributed by atoms with E-state index in [2.05, 4.69) is 30.0 Å². The standard InChI is InChI=1S/C16H25ClN2/c1-3-19(14-6-4-5-7-14)15-9-8-13(10-12(2)18)16(17)11-15/h8-9,11-12,14H,3-7,10,18H2,1-2H3. The van der Waals surface area contributed by atoms with Crippen LogP contribution in [0.2, 0.25) is 5.02 Å². The second kappa shape index (κ2) is 6.62. The quantitative estimate of drug-likeness (QED) is 0.883. The summed E-state index contributed by atoms with van der Waals surface area (Å²) in [6, 6.07) is 7.30. The van der Waals surface area contributed by atoms with Crippen molar-refractivity contribution in [2.75, 3.05) is 11.4 Å². The number of benzene rings is 1. The normalized spacial score (nSPS) is 17.7. The maximum atomic E-state index is 6.40. The minimum absolute atomic E-state index is 0.153. The van der Waals surface area contributed by atoms with Crippen LogP contribution in [-0.2, 0) is 6.42 Å². The second-order valence-corrected chi connectivity index (χ2v) is 6.09. The molecule has 0 heterocycles. The van der Waals surface area contributed by atoms with Crippen LogP contribution in [0.5, 0.6) is 0 Å². The number of anilines is 1. The number of nitrogens with zero attached hydrogens (tertiary/aromatic N) is 1. The summed E-state index contributed by atoms with van der Waals surface area (Å²) in [5.74, 6) is 0. The van der Waals surface area contributed by atoms with Crippen LogP contribution in [0, 0.1) is 0 Å². The number of rotatable bonds is 5. The minimum atomic E-state index is 0.153. The third-order valence-corrected chi connectivity index (χ3v) is 4.37. The Morgan fingerprint density at radius 2 is 2.05 bits per heavy atom. The average Bonchev–Trinajstić information content (AvgIpc) is 2.87. The van der Waals surface area contributed by atoms with Crippen molar-refractivity contribution in [3.8, 4) is 0 Å². The highest BCUT2D eigenvalue weighted by Gasteiger charge is 2.22. The van der Waals surface area contributed by atoms with Crippen molar-refractivity contribution < 1.29 is 0 Å². The molecule has 106 valence electrons. The van der Waals surface area contributed by atoms with E-state index in [0.29, 0.717) is 6.04 Å². The summed E-state index contributed by atoms with van der Waals surface area (Å²) in [5.41, 5.74) is 8.26. The Bertz CT molecular complexity index is 411. The first kappa shape index (κ1) is 14.7. The van der Waals surface area contributed by atoms with Gasteiger partial charge in [-0.05, 0) is 50.8 Å². The molecule has 19 heavy (non-hydrogen) atoms. The van der Waals surface area contributed by atoms with E-state index < -0.39 is 0 Å². The molecular weight excluding hydrogens is 256 g/mol. The summed E-state index contributed by atoms with van der Waals surface area (Å²) >= 11 is 6.40. The van der Waals surface area contributed by atoms with Gasteiger partial charge in [0.05, 0.1) is 0 Å². The zero-order chi connectivity index (χ0) is 13.8. The molecule has 0 radical (unpaired) electrons. The molecule has 0 amide bonds. The predicted octanol–water partition coefficient (Wildman–Crippen LogP) is 4.00. The van der Waals surface area contributed by atoms with Gasteiger partial charge in [0, 0.05) is 29.3 Å². The van der Waals surface area contributed by atoms with Crippen LogP contribution in [0.25, 0.3) is 0 Å². The van der Waals surface area contributed by atoms with Crippen LogP contribution in [0.4, 0.5) is 5.69 Å². The molecule has 1 atom stereocenters. The van der Waals surface area contributed by atoms with Crippen molar-refractivity contribution in [3.63, 3.8) is 0 Å². The van der Waals surface area contributed by atoms with Gasteiger partial charge in [0.15, 0.2) is 0 Å². The molecule has 0 saturated heterocycles. The van der Waals surface area contributed by atoms with E-state index in [1.165, 1.54) is 31.4 Å². The van der Waals surface area contributed by atoms with Gasteiger partial charge in [0.2, 0.25) is 0 Å². The van der Waals surface area contributed by atoms with Gasteiger partial charge in [-0.1, -0.05) is 30.5 Å². The van der Waals surface area contributed by atoms with Gasteiger partial charge in [-0.25, -0.2) is 0 Å². The molecule has 1 aliphatic rings. The fourth-order valence-electron chi connectivity index (χ4n) is 3.09. The predicted molar refractivity (Wildman–Crippen MR) is 84.1 cm³/mol. The zero-order valence-electron chi connectivity index (χ0n) is 12.0. The Kier molecular flexibility index (Phi) is 5.12. The minimum Gasteiger partial charge on any atom is -0.369 e. The van der Waals surface area contributed by atoms with E-state index in [-0.39, 0.29) is 6.04 Å². The summed E-state index contributed by atoms with van der Waals surface area (Å²) in [4.78, 5) is 2.49. The maximum Gasteiger partial charge on any atom is 0.0459 e. The Balaban J connectivity index is 2.17. The van der Waals surface area contributed by atoms with E-state index in [9.17, 15) is 0 Å². The third kappa shape index (κ3) is 3.64. The molecule has 1 aromatic rings. The van der Waals surface area contributed by atoms with Crippen molar-refractivity contribution in [2.24, 2.45) is 5.73 Å². The first-order valence-electron chi connectivity index (χ1n) is 7.42. The molecule has 1 aromatic carbocycles. The number of nitrogens with two attached hydrogens (primary N) is 1. The fourth-order valence-corrected chi connectivity index (χ4v) is 3.35. The van der Waals surface area contributed by atoms with Gasteiger partial charge >= 0.3 is 0 Å². The molecule has 3 heteroatoms. The van der Waals surface area contributed by atoms with Crippen molar-refractivity contribution in [1.29, 1.82) is 0 Å². The Labute approximate surface area is 121 Å². The third-order valence-electron chi connectivity index (χ3n) is 4.02. The lowest BCUT2D eigenvalue weighted by Gasteiger charge is -2.30. The lowest BCUT2D eigenvalue weighted by molar-refractivity contribution is 0.620. The number of halogens is 1. The summed E-state index contributed by atoms with van der Waals surface area (Å²) in [5, 5.41) is 0.853. The average molecular weight is 281 g/mol. The van der Waals surface area contributed by atoms with Gasteiger partial charge in [0.25, 0.3) is 0 Å². The van der Waals surface area contributed by atoms with Gasteiger partial charge in [-0.15, -0.1) is 0 Å². The first-order valence-corrected chi connectivity index (χ1v) is 7.80. The van der Waals surface area contributed by atoms with Crippen LogP contribution >= 0.6 is 11.6 Å². The molecule has 0 spiro atoms. The lowest BCUT2D eigenvalue weighted by Crippen LogP contribution is -2.32. The molecule has 2 rings (SSSR count). The summed E-state index contributed by atoms with van der Waals surface area (Å²) in [7, 11) is 0. The Morgan fingerprint density at radius 3 is 2.58 bits per heavy atom. The molecule has 1 unspecified atom stereocenters. The summed E-state index contributed by atoms with van der Waals surface area (Å²) in [6.07, 6.45) is 6.18. The van der Waals surface area contributed by atoms with E-state index in [1.54, 1.807) is 0 Å². The van der Waals surface area contributed by atoms with E-state index in [4.69, 9.17) is 17.3 Å². The highest BCUT2D eigenvalue weighted by molar-refractivity contribution is 6.31. The highest BCUT2D eigenvalue weighted by Crippen LogP contribution is 2.31. The lowest BCUT2D eigenvalue weighted by atomic mass is 10.1. The Morgan fingerprint density at radius 1 is 1.37 bits per heavy atom.